The molecular weight excluding hydrogens is 392 g/mol. The zero-order valence-corrected chi connectivity index (χ0v) is 18.1. The first-order chi connectivity index (χ1) is 11.9. The van der Waals surface area contributed by atoms with Gasteiger partial charge in [0.05, 0.1) is 15.6 Å². The zero-order valence-electron chi connectivity index (χ0n) is 15.5. The third-order valence-electron chi connectivity index (χ3n) is 5.06. The Morgan fingerprint density at radius 1 is 1.20 bits per heavy atom. The molecule has 2 aromatic rings. The molecule has 134 valence electrons. The molecule has 1 aromatic carbocycles. The summed E-state index contributed by atoms with van der Waals surface area (Å²) in [5, 5.41) is 10.7. The third-order valence-corrected chi connectivity index (χ3v) is 7.57. The molecule has 0 saturated heterocycles. The van der Waals surface area contributed by atoms with Gasteiger partial charge in [0.1, 0.15) is 12.8 Å². The van der Waals surface area contributed by atoms with Crippen molar-refractivity contribution in [2.24, 2.45) is 0 Å². The summed E-state index contributed by atoms with van der Waals surface area (Å²) in [6, 6.07) is 7.54. The predicted octanol–water partition coefficient (Wildman–Crippen LogP) is 5.86. The van der Waals surface area contributed by atoms with Crippen LogP contribution in [0.3, 0.4) is 0 Å². The van der Waals surface area contributed by atoms with Gasteiger partial charge >= 0.3 is 0 Å². The molecule has 0 unspecified atom stereocenters. The Morgan fingerprint density at radius 2 is 1.96 bits per heavy atom. The molecule has 1 aliphatic carbocycles. The molecule has 0 bridgehead atoms. The van der Waals surface area contributed by atoms with Crippen molar-refractivity contribution < 1.29 is 4.74 Å². The minimum Gasteiger partial charge on any atom is -0.361 e. The first-order valence-electron chi connectivity index (χ1n) is 9.22. The molecule has 1 aromatic heterocycles. The van der Waals surface area contributed by atoms with Crippen LogP contribution in [0, 0.1) is 11.3 Å². The van der Waals surface area contributed by atoms with E-state index in [0.717, 1.165) is 29.4 Å². The summed E-state index contributed by atoms with van der Waals surface area (Å²) in [4.78, 5) is 0. The second kappa shape index (κ2) is 7.65. The van der Waals surface area contributed by atoms with E-state index in [1.54, 1.807) is 0 Å². The van der Waals surface area contributed by atoms with Crippen LogP contribution in [0.15, 0.2) is 16.6 Å². The summed E-state index contributed by atoms with van der Waals surface area (Å²) in [6.07, 6.45) is 6.02. The van der Waals surface area contributed by atoms with Gasteiger partial charge in [0, 0.05) is 25.8 Å². The number of nitriles is 1. The van der Waals surface area contributed by atoms with Gasteiger partial charge in [-0.1, -0.05) is 32.1 Å². The lowest BCUT2D eigenvalue weighted by molar-refractivity contribution is 0.0883. The van der Waals surface area contributed by atoms with Crippen LogP contribution in [0.5, 0.6) is 0 Å². The first kappa shape index (κ1) is 18.7. The lowest BCUT2D eigenvalue weighted by Crippen LogP contribution is -2.22. The summed E-state index contributed by atoms with van der Waals surface area (Å²) in [5.41, 5.74) is 4.71. The van der Waals surface area contributed by atoms with Crippen molar-refractivity contribution in [3.05, 3.63) is 33.4 Å². The molecule has 1 heterocycles. The van der Waals surface area contributed by atoms with Crippen LogP contribution < -0.4 is 0 Å². The Kier molecular flexibility index (Phi) is 5.72. The molecule has 0 spiro atoms. The average Bonchev–Trinajstić information content (AvgIpc) is 2.71. The standard InChI is InChI=1S/C20H27BrN2OSi/c1-25(2,3)12-11-24-14-23-18-8-6-4-5-7-16(18)17-10-9-15(13-22)19(21)20(17)23/h9-10H,4-8,11-12,14H2,1-3H3. The van der Waals surface area contributed by atoms with Crippen molar-refractivity contribution in [2.75, 3.05) is 6.61 Å². The summed E-state index contributed by atoms with van der Waals surface area (Å²) in [5.74, 6) is 0. The van der Waals surface area contributed by atoms with Crippen molar-refractivity contribution in [1.29, 1.82) is 5.26 Å². The Labute approximate surface area is 160 Å². The monoisotopic (exact) mass is 418 g/mol. The zero-order chi connectivity index (χ0) is 18.0. The molecule has 0 radical (unpaired) electrons. The second-order valence-electron chi connectivity index (χ2n) is 8.20. The number of hydrogen-bond donors (Lipinski definition) is 0. The molecule has 3 nitrogen and oxygen atoms in total. The highest BCUT2D eigenvalue weighted by molar-refractivity contribution is 9.10. The van der Waals surface area contributed by atoms with Crippen molar-refractivity contribution in [1.82, 2.24) is 4.57 Å². The fourth-order valence-electron chi connectivity index (χ4n) is 3.62. The Bertz CT molecular complexity index is 814. The van der Waals surface area contributed by atoms with Gasteiger partial charge in [0.2, 0.25) is 0 Å². The van der Waals surface area contributed by atoms with E-state index in [-0.39, 0.29) is 0 Å². The maximum Gasteiger partial charge on any atom is 0.123 e. The Morgan fingerprint density at radius 3 is 2.68 bits per heavy atom. The SMILES string of the molecule is C[Si](C)(C)CCOCn1c2c(c3ccc(C#N)c(Br)c31)CCCCC2. The number of aryl methyl sites for hydroxylation is 1. The topological polar surface area (TPSA) is 38.0 Å². The summed E-state index contributed by atoms with van der Waals surface area (Å²) in [7, 11) is -1.08. The highest BCUT2D eigenvalue weighted by Crippen LogP contribution is 2.37. The van der Waals surface area contributed by atoms with E-state index in [4.69, 9.17) is 4.74 Å². The average molecular weight is 419 g/mol. The lowest BCUT2D eigenvalue weighted by Gasteiger charge is -2.17. The van der Waals surface area contributed by atoms with E-state index in [2.05, 4.69) is 52.3 Å². The van der Waals surface area contributed by atoms with E-state index in [1.165, 1.54) is 42.0 Å². The number of fused-ring (bicyclic) bond motifs is 3. The van der Waals surface area contributed by atoms with Gasteiger partial charge in [-0.15, -0.1) is 0 Å². The maximum atomic E-state index is 9.40. The molecule has 0 saturated carbocycles. The van der Waals surface area contributed by atoms with Crippen molar-refractivity contribution >= 4 is 34.9 Å². The van der Waals surface area contributed by atoms with Gasteiger partial charge in [0.15, 0.2) is 0 Å². The predicted molar refractivity (Wildman–Crippen MR) is 110 cm³/mol. The maximum absolute atomic E-state index is 9.40. The number of hydrogen-bond acceptors (Lipinski definition) is 2. The van der Waals surface area contributed by atoms with Crippen LogP contribution in [0.2, 0.25) is 25.7 Å². The van der Waals surface area contributed by atoms with Crippen LogP contribution in [0.25, 0.3) is 10.9 Å². The van der Waals surface area contributed by atoms with E-state index < -0.39 is 8.07 Å². The minimum atomic E-state index is -1.08. The fraction of sp³-hybridized carbons (Fsp3) is 0.550. The largest absolute Gasteiger partial charge is 0.361 e. The van der Waals surface area contributed by atoms with E-state index in [9.17, 15) is 5.26 Å². The Balaban J connectivity index is 1.99. The van der Waals surface area contributed by atoms with Crippen molar-refractivity contribution in [3.8, 4) is 6.07 Å². The van der Waals surface area contributed by atoms with Crippen molar-refractivity contribution in [3.63, 3.8) is 0 Å². The molecule has 0 N–H and O–H groups in total. The molecule has 0 amide bonds. The van der Waals surface area contributed by atoms with Crippen LogP contribution in [-0.2, 0) is 24.3 Å². The van der Waals surface area contributed by atoms with Gasteiger partial charge < -0.3 is 9.30 Å². The normalized spacial score (nSPS) is 15.0. The van der Waals surface area contributed by atoms with Gasteiger partial charge in [-0.2, -0.15) is 5.26 Å². The summed E-state index contributed by atoms with van der Waals surface area (Å²) < 4.78 is 9.33. The fourth-order valence-corrected chi connectivity index (χ4v) is 5.03. The van der Waals surface area contributed by atoms with Crippen LogP contribution in [-0.4, -0.2) is 19.2 Å². The van der Waals surface area contributed by atoms with Gasteiger partial charge in [-0.3, -0.25) is 0 Å². The molecule has 1 aliphatic rings. The third kappa shape index (κ3) is 4.02. The minimum absolute atomic E-state index is 0.587. The number of benzene rings is 1. The molecule has 0 fully saturated rings. The van der Waals surface area contributed by atoms with E-state index in [0.29, 0.717) is 12.3 Å². The van der Waals surface area contributed by atoms with E-state index in [1.807, 2.05) is 6.07 Å². The quantitative estimate of drug-likeness (QED) is 0.346. The van der Waals surface area contributed by atoms with Crippen LogP contribution in [0.1, 0.15) is 36.1 Å². The van der Waals surface area contributed by atoms with Gasteiger partial charge in [-0.25, -0.2) is 0 Å². The summed E-state index contributed by atoms with van der Waals surface area (Å²) in [6.45, 7) is 8.54. The van der Waals surface area contributed by atoms with Crippen LogP contribution >= 0.6 is 15.9 Å². The lowest BCUT2D eigenvalue weighted by atomic mass is 10.1. The molecular formula is C20H27BrN2OSi. The molecule has 5 heteroatoms. The Hall–Kier alpha value is -1.09. The number of halogens is 1. The molecule has 25 heavy (non-hydrogen) atoms. The molecule has 0 aliphatic heterocycles. The second-order valence-corrected chi connectivity index (χ2v) is 14.6. The van der Waals surface area contributed by atoms with E-state index >= 15 is 0 Å². The molecule has 0 atom stereocenters. The number of aromatic nitrogens is 1. The number of nitrogens with zero attached hydrogens (tertiary/aromatic N) is 2. The highest BCUT2D eigenvalue weighted by atomic mass is 79.9. The smallest absolute Gasteiger partial charge is 0.123 e. The molecule has 3 rings (SSSR count). The van der Waals surface area contributed by atoms with Crippen LogP contribution in [0.4, 0.5) is 0 Å². The van der Waals surface area contributed by atoms with Gasteiger partial charge in [-0.05, 0) is 59.3 Å². The van der Waals surface area contributed by atoms with Gasteiger partial charge in [0.25, 0.3) is 0 Å². The first-order valence-corrected chi connectivity index (χ1v) is 13.7. The summed E-state index contributed by atoms with van der Waals surface area (Å²) >= 11 is 3.69. The highest BCUT2D eigenvalue weighted by Gasteiger charge is 2.22. The number of ether oxygens (including phenoxy) is 1. The van der Waals surface area contributed by atoms with Crippen molar-refractivity contribution in [2.45, 2.75) is 64.5 Å². The number of rotatable bonds is 5.